The van der Waals surface area contributed by atoms with Gasteiger partial charge in [0.1, 0.15) is 11.5 Å². The highest BCUT2D eigenvalue weighted by Crippen LogP contribution is 2.23. The van der Waals surface area contributed by atoms with Gasteiger partial charge in [0.2, 0.25) is 0 Å². The molecule has 0 saturated carbocycles. The molecule has 102 valence electrons. The van der Waals surface area contributed by atoms with Gasteiger partial charge >= 0.3 is 0 Å². The van der Waals surface area contributed by atoms with Crippen molar-refractivity contribution in [2.24, 2.45) is 0 Å². The van der Waals surface area contributed by atoms with Crippen LogP contribution < -0.4 is 5.32 Å². The molecule has 3 aromatic heterocycles. The molecule has 1 atom stereocenters. The number of fused-ring (bicyclic) bond motifs is 2. The first-order valence-electron chi connectivity index (χ1n) is 6.67. The Morgan fingerprint density at radius 3 is 3.25 bits per heavy atom. The number of nitrogens with one attached hydrogen (secondary N) is 1. The summed E-state index contributed by atoms with van der Waals surface area (Å²) in [6.07, 6.45) is 9.09. The first-order chi connectivity index (χ1) is 9.79. The lowest BCUT2D eigenvalue weighted by atomic mass is 10.2. The number of halogens is 1. The highest BCUT2D eigenvalue weighted by molar-refractivity contribution is 9.10. The summed E-state index contributed by atoms with van der Waals surface area (Å²) in [7, 11) is 0. The number of imidazole rings is 2. The van der Waals surface area contributed by atoms with Crippen LogP contribution in [0.3, 0.4) is 0 Å². The fourth-order valence-electron chi connectivity index (χ4n) is 2.74. The minimum absolute atomic E-state index is 0.335. The molecule has 5 nitrogen and oxygen atoms in total. The fourth-order valence-corrected chi connectivity index (χ4v) is 3.09. The Kier molecular flexibility index (Phi) is 2.85. The topological polar surface area (TPSA) is 47.2 Å². The SMILES string of the molecule is Brc1ccc2nc(CNC3CCn4ccnc43)cn2c1. The van der Waals surface area contributed by atoms with E-state index in [0.717, 1.165) is 41.1 Å². The van der Waals surface area contributed by atoms with E-state index in [2.05, 4.69) is 42.0 Å². The minimum atomic E-state index is 0.335. The van der Waals surface area contributed by atoms with Crippen LogP contribution in [-0.2, 0) is 13.1 Å². The molecular formula is C14H14BrN5. The maximum absolute atomic E-state index is 4.61. The molecule has 6 heteroatoms. The lowest BCUT2D eigenvalue weighted by Crippen LogP contribution is -2.19. The molecule has 1 N–H and O–H groups in total. The Bertz CT molecular complexity index is 760. The van der Waals surface area contributed by atoms with Crippen LogP contribution in [0.25, 0.3) is 5.65 Å². The normalized spacial score (nSPS) is 17.8. The van der Waals surface area contributed by atoms with Crippen molar-refractivity contribution in [3.8, 4) is 0 Å². The summed E-state index contributed by atoms with van der Waals surface area (Å²) in [4.78, 5) is 9.02. The second kappa shape index (κ2) is 4.71. The van der Waals surface area contributed by atoms with Crippen molar-refractivity contribution < 1.29 is 0 Å². The van der Waals surface area contributed by atoms with Crippen LogP contribution in [0, 0.1) is 0 Å². The minimum Gasteiger partial charge on any atom is -0.334 e. The Morgan fingerprint density at radius 1 is 1.35 bits per heavy atom. The predicted octanol–water partition coefficient (Wildman–Crippen LogP) is 2.53. The Balaban J connectivity index is 1.51. The highest BCUT2D eigenvalue weighted by atomic mass is 79.9. The standard InChI is InChI=1S/C14H14BrN5/c15-10-1-2-13-18-11(9-20(13)8-10)7-17-12-3-5-19-6-4-16-14(12)19/h1-2,4,6,8-9,12,17H,3,5,7H2. The summed E-state index contributed by atoms with van der Waals surface area (Å²) in [5.74, 6) is 1.14. The van der Waals surface area contributed by atoms with Gasteiger partial charge in [-0.2, -0.15) is 0 Å². The summed E-state index contributed by atoms with van der Waals surface area (Å²) in [5.41, 5.74) is 2.02. The van der Waals surface area contributed by atoms with E-state index >= 15 is 0 Å². The van der Waals surface area contributed by atoms with Crippen LogP contribution in [0.1, 0.15) is 24.0 Å². The Hall–Kier alpha value is -1.66. The molecule has 1 aliphatic rings. The molecule has 0 aromatic carbocycles. The van der Waals surface area contributed by atoms with Crippen molar-refractivity contribution >= 4 is 21.6 Å². The van der Waals surface area contributed by atoms with Crippen LogP contribution in [0.15, 0.2) is 41.4 Å². The average molecular weight is 332 g/mol. The summed E-state index contributed by atoms with van der Waals surface area (Å²) in [6.45, 7) is 1.81. The van der Waals surface area contributed by atoms with E-state index in [4.69, 9.17) is 0 Å². The molecule has 20 heavy (non-hydrogen) atoms. The van der Waals surface area contributed by atoms with Crippen molar-refractivity contribution in [2.75, 3.05) is 0 Å². The molecule has 0 spiro atoms. The molecule has 0 saturated heterocycles. The lowest BCUT2D eigenvalue weighted by Gasteiger charge is -2.09. The second-order valence-electron chi connectivity index (χ2n) is 5.05. The maximum Gasteiger partial charge on any atom is 0.137 e. The number of hydrogen-bond acceptors (Lipinski definition) is 3. The molecule has 3 aromatic rings. The fraction of sp³-hybridized carbons (Fsp3) is 0.286. The predicted molar refractivity (Wildman–Crippen MR) is 79.3 cm³/mol. The van der Waals surface area contributed by atoms with Crippen molar-refractivity contribution in [3.63, 3.8) is 0 Å². The summed E-state index contributed by atoms with van der Waals surface area (Å²) >= 11 is 3.47. The van der Waals surface area contributed by atoms with E-state index in [-0.39, 0.29) is 0 Å². The van der Waals surface area contributed by atoms with Crippen LogP contribution in [0.2, 0.25) is 0 Å². The van der Waals surface area contributed by atoms with Crippen LogP contribution in [-0.4, -0.2) is 18.9 Å². The van der Waals surface area contributed by atoms with Gasteiger partial charge in [0, 0.05) is 42.3 Å². The van der Waals surface area contributed by atoms with Gasteiger partial charge in [-0.25, -0.2) is 9.97 Å². The Morgan fingerprint density at radius 2 is 2.30 bits per heavy atom. The van der Waals surface area contributed by atoms with Gasteiger partial charge < -0.3 is 14.3 Å². The van der Waals surface area contributed by atoms with E-state index < -0.39 is 0 Å². The smallest absolute Gasteiger partial charge is 0.137 e. The van der Waals surface area contributed by atoms with Crippen molar-refractivity contribution in [1.29, 1.82) is 0 Å². The molecule has 0 aliphatic carbocycles. The average Bonchev–Trinajstić information content (AvgIpc) is 3.10. The molecule has 4 rings (SSSR count). The zero-order valence-electron chi connectivity index (χ0n) is 10.8. The van der Waals surface area contributed by atoms with Gasteiger partial charge in [-0.05, 0) is 34.5 Å². The van der Waals surface area contributed by atoms with Crippen molar-refractivity contribution in [2.45, 2.75) is 25.6 Å². The number of nitrogens with zero attached hydrogens (tertiary/aromatic N) is 4. The third-order valence-electron chi connectivity index (χ3n) is 3.71. The zero-order chi connectivity index (χ0) is 13.5. The van der Waals surface area contributed by atoms with Gasteiger partial charge in [0.25, 0.3) is 0 Å². The van der Waals surface area contributed by atoms with E-state index in [0.29, 0.717) is 6.04 Å². The third kappa shape index (κ3) is 2.05. The first kappa shape index (κ1) is 12.1. The number of hydrogen-bond donors (Lipinski definition) is 1. The van der Waals surface area contributed by atoms with E-state index in [1.165, 1.54) is 0 Å². The van der Waals surface area contributed by atoms with E-state index in [1.807, 2.05) is 35.1 Å². The first-order valence-corrected chi connectivity index (χ1v) is 7.46. The second-order valence-corrected chi connectivity index (χ2v) is 5.96. The molecule has 0 bridgehead atoms. The quantitative estimate of drug-likeness (QED) is 0.802. The maximum atomic E-state index is 4.61. The third-order valence-corrected chi connectivity index (χ3v) is 4.18. The largest absolute Gasteiger partial charge is 0.334 e. The van der Waals surface area contributed by atoms with Crippen LogP contribution in [0.5, 0.6) is 0 Å². The van der Waals surface area contributed by atoms with Crippen LogP contribution in [0.4, 0.5) is 0 Å². The van der Waals surface area contributed by atoms with Gasteiger partial charge in [0.15, 0.2) is 0 Å². The van der Waals surface area contributed by atoms with Gasteiger partial charge in [0.05, 0.1) is 11.7 Å². The van der Waals surface area contributed by atoms with Gasteiger partial charge in [-0.1, -0.05) is 0 Å². The molecule has 1 unspecified atom stereocenters. The molecule has 1 aliphatic heterocycles. The van der Waals surface area contributed by atoms with Crippen LogP contribution >= 0.6 is 15.9 Å². The summed E-state index contributed by atoms with van der Waals surface area (Å²) in [5, 5.41) is 3.54. The summed E-state index contributed by atoms with van der Waals surface area (Å²) < 4.78 is 5.30. The molecule has 4 heterocycles. The molecular weight excluding hydrogens is 318 g/mol. The number of aryl methyl sites for hydroxylation is 1. The molecule has 0 amide bonds. The molecule has 0 fully saturated rings. The van der Waals surface area contributed by atoms with Gasteiger partial charge in [-0.3, -0.25) is 0 Å². The number of pyridine rings is 1. The number of rotatable bonds is 3. The highest BCUT2D eigenvalue weighted by Gasteiger charge is 2.22. The van der Waals surface area contributed by atoms with E-state index in [1.54, 1.807) is 0 Å². The number of aromatic nitrogens is 4. The monoisotopic (exact) mass is 331 g/mol. The molecule has 0 radical (unpaired) electrons. The summed E-state index contributed by atoms with van der Waals surface area (Å²) in [6, 6.07) is 4.35. The Labute approximate surface area is 124 Å². The van der Waals surface area contributed by atoms with Gasteiger partial charge in [-0.15, -0.1) is 0 Å². The van der Waals surface area contributed by atoms with Crippen molar-refractivity contribution in [3.05, 3.63) is 52.9 Å². The van der Waals surface area contributed by atoms with Crippen molar-refractivity contribution in [1.82, 2.24) is 24.3 Å². The lowest BCUT2D eigenvalue weighted by molar-refractivity contribution is 0.516. The zero-order valence-corrected chi connectivity index (χ0v) is 12.4. The van der Waals surface area contributed by atoms with E-state index in [9.17, 15) is 0 Å².